The van der Waals surface area contributed by atoms with Crippen molar-refractivity contribution >= 4 is 17.0 Å². The van der Waals surface area contributed by atoms with E-state index in [1.807, 2.05) is 30.3 Å². The van der Waals surface area contributed by atoms with E-state index in [2.05, 4.69) is 10.3 Å². The van der Waals surface area contributed by atoms with E-state index in [1.165, 1.54) is 0 Å². The third-order valence-corrected chi connectivity index (χ3v) is 3.17. The number of anilines is 1. The highest BCUT2D eigenvalue weighted by Gasteiger charge is 2.11. The molecule has 0 atom stereocenters. The van der Waals surface area contributed by atoms with E-state index >= 15 is 0 Å². The lowest BCUT2D eigenvalue weighted by atomic mass is 10.2. The molecule has 1 heterocycles. The van der Waals surface area contributed by atoms with Gasteiger partial charge in [-0.05, 0) is 0 Å². The van der Waals surface area contributed by atoms with Crippen molar-refractivity contribution in [2.24, 2.45) is 0 Å². The van der Waals surface area contributed by atoms with Gasteiger partial charge in [-0.3, -0.25) is 4.79 Å². The average Bonchev–Trinajstić information content (AvgIpc) is 2.39. The number of aromatic nitrogens is 1. The fraction of sp³-hybridized carbons (Fsp3) is 0.167. The molecule has 0 saturated carbocycles. The monoisotopic (exact) mass is 264 g/mol. The number of aliphatic hydroxyl groups is 1. The van der Waals surface area contributed by atoms with Crippen LogP contribution in [0.25, 0.3) is 10.6 Å². The molecule has 0 unspecified atom stereocenters. The second kappa shape index (κ2) is 5.61. The molecule has 0 aliphatic rings. The maximum Gasteiger partial charge on any atom is 0.263 e. The van der Waals surface area contributed by atoms with Gasteiger partial charge in [0, 0.05) is 12.1 Å². The Morgan fingerprint density at radius 1 is 1.28 bits per heavy atom. The quantitative estimate of drug-likeness (QED) is 0.775. The highest BCUT2D eigenvalue weighted by atomic mass is 32.1. The van der Waals surface area contributed by atoms with Gasteiger partial charge in [0.25, 0.3) is 4.74 Å². The van der Waals surface area contributed by atoms with Gasteiger partial charge in [0.1, 0.15) is 5.01 Å². The molecule has 18 heavy (non-hydrogen) atoms. The summed E-state index contributed by atoms with van der Waals surface area (Å²) >= 11 is 0.951. The first-order chi connectivity index (χ1) is 8.72. The molecular formula is C12H12N2O3S. The van der Waals surface area contributed by atoms with Crippen molar-refractivity contribution in [1.29, 1.82) is 0 Å². The zero-order valence-electron chi connectivity index (χ0n) is 9.46. The van der Waals surface area contributed by atoms with E-state index in [1.54, 1.807) is 0 Å². The number of rotatable bonds is 4. The van der Waals surface area contributed by atoms with Crippen molar-refractivity contribution in [1.82, 2.24) is 4.98 Å². The standard InChI is InChI=1S/C12H12N2O3S/c15-7-6-13-9-10(16)14-11(18-12(9)17)8-4-2-1-3-5-8/h1-5,13,15-16H,6-7H2. The van der Waals surface area contributed by atoms with Crippen LogP contribution in [0.5, 0.6) is 5.88 Å². The van der Waals surface area contributed by atoms with Crippen molar-refractivity contribution < 1.29 is 10.2 Å². The molecule has 0 fully saturated rings. The lowest BCUT2D eigenvalue weighted by Gasteiger charge is -2.06. The van der Waals surface area contributed by atoms with Gasteiger partial charge in [-0.2, -0.15) is 0 Å². The van der Waals surface area contributed by atoms with Crippen molar-refractivity contribution in [3.63, 3.8) is 0 Å². The lowest BCUT2D eigenvalue weighted by Crippen LogP contribution is -2.13. The highest BCUT2D eigenvalue weighted by Crippen LogP contribution is 2.25. The molecule has 0 aliphatic heterocycles. The van der Waals surface area contributed by atoms with E-state index in [4.69, 9.17) is 5.11 Å². The summed E-state index contributed by atoms with van der Waals surface area (Å²) in [6.45, 7) is 0.0753. The van der Waals surface area contributed by atoms with Crippen LogP contribution in [0.2, 0.25) is 0 Å². The smallest absolute Gasteiger partial charge is 0.263 e. The number of nitrogens with zero attached hydrogens (tertiary/aromatic N) is 1. The summed E-state index contributed by atoms with van der Waals surface area (Å²) in [7, 11) is 0. The Balaban J connectivity index is 2.40. The molecule has 0 amide bonds. The number of aromatic hydroxyl groups is 1. The van der Waals surface area contributed by atoms with Crippen molar-refractivity contribution in [3.8, 4) is 16.5 Å². The summed E-state index contributed by atoms with van der Waals surface area (Å²) in [6.07, 6.45) is 0. The normalized spacial score (nSPS) is 10.3. The maximum atomic E-state index is 11.8. The number of nitrogens with one attached hydrogen (secondary N) is 1. The fourth-order valence-electron chi connectivity index (χ4n) is 1.44. The Kier molecular flexibility index (Phi) is 3.91. The van der Waals surface area contributed by atoms with E-state index < -0.39 is 0 Å². The third-order valence-electron chi connectivity index (χ3n) is 2.26. The van der Waals surface area contributed by atoms with Gasteiger partial charge in [-0.25, -0.2) is 4.98 Å². The van der Waals surface area contributed by atoms with Crippen LogP contribution in [0.3, 0.4) is 0 Å². The predicted octanol–water partition coefficient (Wildman–Crippen LogP) is 1.28. The Bertz CT molecular complexity index is 584. The van der Waals surface area contributed by atoms with Gasteiger partial charge in [0.2, 0.25) is 5.88 Å². The molecule has 94 valence electrons. The minimum atomic E-state index is -0.342. The molecule has 6 heteroatoms. The summed E-state index contributed by atoms with van der Waals surface area (Å²) < 4.78 is -0.310. The Hall–Kier alpha value is -1.92. The van der Waals surface area contributed by atoms with Gasteiger partial charge >= 0.3 is 0 Å². The van der Waals surface area contributed by atoms with Crippen LogP contribution in [0.1, 0.15) is 0 Å². The first-order valence-corrected chi connectivity index (χ1v) is 6.18. The van der Waals surface area contributed by atoms with E-state index in [-0.39, 0.29) is 29.5 Å². The number of benzene rings is 1. The van der Waals surface area contributed by atoms with Crippen LogP contribution in [-0.2, 0) is 0 Å². The second-order valence-electron chi connectivity index (χ2n) is 3.52. The van der Waals surface area contributed by atoms with Crippen LogP contribution < -0.4 is 10.1 Å². The summed E-state index contributed by atoms with van der Waals surface area (Å²) in [5.74, 6) is -0.342. The minimum absolute atomic E-state index is 0.0359. The summed E-state index contributed by atoms with van der Waals surface area (Å²) in [4.78, 5) is 15.8. The lowest BCUT2D eigenvalue weighted by molar-refractivity contribution is 0.311. The first-order valence-electron chi connectivity index (χ1n) is 5.36. The van der Waals surface area contributed by atoms with Crippen molar-refractivity contribution in [3.05, 3.63) is 39.9 Å². The van der Waals surface area contributed by atoms with E-state index in [0.717, 1.165) is 16.9 Å². The molecule has 2 aromatic rings. The molecule has 0 saturated heterocycles. The molecule has 2 rings (SSSR count). The van der Waals surface area contributed by atoms with Crippen molar-refractivity contribution in [2.75, 3.05) is 18.5 Å². The molecule has 0 spiro atoms. The van der Waals surface area contributed by atoms with Crippen LogP contribution in [0.15, 0.2) is 35.1 Å². The van der Waals surface area contributed by atoms with Crippen molar-refractivity contribution in [2.45, 2.75) is 0 Å². The third kappa shape index (κ3) is 2.66. The molecule has 0 bridgehead atoms. The molecular weight excluding hydrogens is 252 g/mol. The molecule has 1 aromatic carbocycles. The largest absolute Gasteiger partial charge is 0.492 e. The minimum Gasteiger partial charge on any atom is -0.492 e. The SMILES string of the molecule is O=c1sc(-c2ccccc2)nc(O)c1NCCO. The summed E-state index contributed by atoms with van der Waals surface area (Å²) in [5, 5.41) is 21.5. The van der Waals surface area contributed by atoms with E-state index in [0.29, 0.717) is 5.01 Å². The molecule has 0 aliphatic carbocycles. The molecule has 3 N–H and O–H groups in total. The fourth-order valence-corrected chi connectivity index (χ4v) is 2.27. The number of hydrogen-bond donors (Lipinski definition) is 3. The average molecular weight is 264 g/mol. The van der Waals surface area contributed by atoms with Gasteiger partial charge in [0.15, 0.2) is 5.69 Å². The Labute approximate surface area is 107 Å². The van der Waals surface area contributed by atoms with Crippen LogP contribution in [0, 0.1) is 0 Å². The first kappa shape index (κ1) is 12.5. The Morgan fingerprint density at radius 2 is 2.00 bits per heavy atom. The molecule has 5 nitrogen and oxygen atoms in total. The van der Waals surface area contributed by atoms with Gasteiger partial charge in [0.05, 0.1) is 6.61 Å². The molecule has 0 radical (unpaired) electrons. The van der Waals surface area contributed by atoms with Gasteiger partial charge in [-0.1, -0.05) is 41.7 Å². The molecule has 1 aromatic heterocycles. The van der Waals surface area contributed by atoms with Gasteiger partial charge in [-0.15, -0.1) is 0 Å². The predicted molar refractivity (Wildman–Crippen MR) is 71.1 cm³/mol. The number of hydrogen-bond acceptors (Lipinski definition) is 6. The van der Waals surface area contributed by atoms with Crippen LogP contribution >= 0.6 is 11.3 Å². The maximum absolute atomic E-state index is 11.8. The number of aliphatic hydroxyl groups excluding tert-OH is 1. The Morgan fingerprint density at radius 3 is 2.61 bits per heavy atom. The van der Waals surface area contributed by atoms with Gasteiger partial charge < -0.3 is 15.5 Å². The zero-order valence-corrected chi connectivity index (χ0v) is 10.3. The van der Waals surface area contributed by atoms with Crippen LogP contribution in [0.4, 0.5) is 5.69 Å². The topological polar surface area (TPSA) is 82.5 Å². The summed E-state index contributed by atoms with van der Waals surface area (Å²) in [6, 6.07) is 9.17. The highest BCUT2D eigenvalue weighted by molar-refractivity contribution is 7.12. The van der Waals surface area contributed by atoms with Crippen LogP contribution in [-0.4, -0.2) is 28.3 Å². The second-order valence-corrected chi connectivity index (χ2v) is 4.48. The zero-order chi connectivity index (χ0) is 13.0. The summed E-state index contributed by atoms with van der Waals surface area (Å²) in [5.41, 5.74) is 0.817. The van der Waals surface area contributed by atoms with E-state index in [9.17, 15) is 9.90 Å².